The Morgan fingerprint density at radius 3 is 2.00 bits per heavy atom. The van der Waals surface area contributed by atoms with Gasteiger partial charge in [0.05, 0.1) is 0 Å². The van der Waals surface area contributed by atoms with Crippen LogP contribution in [0.5, 0.6) is 0 Å². The molecule has 0 aromatic rings. The zero-order valence-corrected chi connectivity index (χ0v) is 7.59. The monoisotopic (exact) mass is 144 g/mol. The molecule has 0 rings (SSSR count). The molecule has 2 atom stereocenters. The van der Waals surface area contributed by atoms with Crippen LogP contribution in [0.1, 0.15) is 26.7 Å². The molecule has 0 bridgehead atoms. The first-order chi connectivity index (χ1) is 4.54. The van der Waals surface area contributed by atoms with Crippen molar-refractivity contribution in [3.8, 4) is 0 Å². The van der Waals surface area contributed by atoms with Gasteiger partial charge in [0.2, 0.25) is 0 Å². The minimum atomic E-state index is 0.349. The van der Waals surface area contributed by atoms with Gasteiger partial charge < -0.3 is 10.6 Å². The molecule has 0 aromatic heterocycles. The maximum atomic E-state index is 5.62. The largest absolute Gasteiger partial charge is 0.328 e. The summed E-state index contributed by atoms with van der Waals surface area (Å²) in [5, 5.41) is 0. The SMILES string of the molecule is CC(N)CC[C@@H](C)N(C)C. The second-order valence-corrected chi connectivity index (χ2v) is 3.37. The summed E-state index contributed by atoms with van der Waals surface area (Å²) in [6.45, 7) is 4.28. The summed E-state index contributed by atoms with van der Waals surface area (Å²) in [6, 6.07) is 1.01. The van der Waals surface area contributed by atoms with Crippen LogP contribution >= 0.6 is 0 Å². The third-order valence-corrected chi connectivity index (χ3v) is 1.92. The lowest BCUT2D eigenvalue weighted by molar-refractivity contribution is 0.289. The number of rotatable bonds is 4. The van der Waals surface area contributed by atoms with E-state index in [0.29, 0.717) is 12.1 Å². The lowest BCUT2D eigenvalue weighted by Gasteiger charge is -2.20. The maximum absolute atomic E-state index is 5.62. The van der Waals surface area contributed by atoms with E-state index in [1.165, 1.54) is 6.42 Å². The maximum Gasteiger partial charge on any atom is 0.00614 e. The first-order valence-corrected chi connectivity index (χ1v) is 3.96. The van der Waals surface area contributed by atoms with Gasteiger partial charge in [0.15, 0.2) is 0 Å². The molecule has 0 saturated heterocycles. The van der Waals surface area contributed by atoms with E-state index in [1.54, 1.807) is 0 Å². The molecule has 0 amide bonds. The Morgan fingerprint density at radius 1 is 1.20 bits per heavy atom. The van der Waals surface area contributed by atoms with Gasteiger partial charge in [0, 0.05) is 12.1 Å². The number of hydrogen-bond donors (Lipinski definition) is 1. The molecule has 0 aromatic carbocycles. The Balaban J connectivity index is 3.30. The van der Waals surface area contributed by atoms with Crippen molar-refractivity contribution in [2.75, 3.05) is 14.1 Å². The number of hydrogen-bond acceptors (Lipinski definition) is 2. The van der Waals surface area contributed by atoms with Gasteiger partial charge in [-0.15, -0.1) is 0 Å². The van der Waals surface area contributed by atoms with E-state index in [0.717, 1.165) is 6.42 Å². The molecule has 1 unspecified atom stereocenters. The van der Waals surface area contributed by atoms with Crippen LogP contribution < -0.4 is 5.73 Å². The molecule has 0 heterocycles. The molecule has 0 radical (unpaired) electrons. The molecule has 10 heavy (non-hydrogen) atoms. The molecule has 0 aliphatic rings. The Bertz CT molecular complexity index is 79.3. The molecule has 0 saturated carbocycles. The second-order valence-electron chi connectivity index (χ2n) is 3.37. The van der Waals surface area contributed by atoms with Crippen LogP contribution in [0.3, 0.4) is 0 Å². The van der Waals surface area contributed by atoms with Gasteiger partial charge in [-0.2, -0.15) is 0 Å². The Labute approximate surface area is 64.4 Å². The molecule has 2 N–H and O–H groups in total. The van der Waals surface area contributed by atoms with E-state index >= 15 is 0 Å². The summed E-state index contributed by atoms with van der Waals surface area (Å²) in [5.74, 6) is 0. The van der Waals surface area contributed by atoms with Crippen molar-refractivity contribution < 1.29 is 0 Å². The van der Waals surface area contributed by atoms with E-state index in [9.17, 15) is 0 Å². The van der Waals surface area contributed by atoms with Crippen molar-refractivity contribution in [2.45, 2.75) is 38.8 Å². The predicted molar refractivity (Wildman–Crippen MR) is 46.0 cm³/mol. The molecule has 0 fully saturated rings. The van der Waals surface area contributed by atoms with Crippen LogP contribution in [-0.2, 0) is 0 Å². The van der Waals surface area contributed by atoms with Crippen molar-refractivity contribution in [1.29, 1.82) is 0 Å². The van der Waals surface area contributed by atoms with Gasteiger partial charge >= 0.3 is 0 Å². The first kappa shape index (κ1) is 9.92. The third kappa shape index (κ3) is 4.77. The number of nitrogens with zero attached hydrogens (tertiary/aromatic N) is 1. The van der Waals surface area contributed by atoms with E-state index in [4.69, 9.17) is 5.73 Å². The van der Waals surface area contributed by atoms with Crippen LogP contribution in [0, 0.1) is 0 Å². The summed E-state index contributed by atoms with van der Waals surface area (Å²) in [6.07, 6.45) is 2.32. The fourth-order valence-electron chi connectivity index (χ4n) is 0.762. The predicted octanol–water partition coefficient (Wildman–Crippen LogP) is 1.06. The first-order valence-electron chi connectivity index (χ1n) is 3.96. The zero-order chi connectivity index (χ0) is 8.15. The minimum absolute atomic E-state index is 0.349. The highest BCUT2D eigenvalue weighted by Crippen LogP contribution is 2.03. The van der Waals surface area contributed by atoms with Gasteiger partial charge in [-0.05, 0) is 40.8 Å². The van der Waals surface area contributed by atoms with Crippen molar-refractivity contribution in [3.05, 3.63) is 0 Å². The highest BCUT2D eigenvalue weighted by atomic mass is 15.1. The topological polar surface area (TPSA) is 29.3 Å². The lowest BCUT2D eigenvalue weighted by atomic mass is 10.1. The lowest BCUT2D eigenvalue weighted by Crippen LogP contribution is -2.27. The molecule has 0 aliphatic carbocycles. The minimum Gasteiger partial charge on any atom is -0.328 e. The smallest absolute Gasteiger partial charge is 0.00614 e. The fourth-order valence-corrected chi connectivity index (χ4v) is 0.762. The van der Waals surface area contributed by atoms with Gasteiger partial charge in [0.25, 0.3) is 0 Å². The standard InChI is InChI=1S/C8H20N2/c1-7(9)5-6-8(2)10(3)4/h7-8H,5-6,9H2,1-4H3/t7?,8-/m1/s1. The molecule has 62 valence electrons. The fraction of sp³-hybridized carbons (Fsp3) is 1.00. The highest BCUT2D eigenvalue weighted by molar-refractivity contribution is 4.62. The molecular weight excluding hydrogens is 124 g/mol. The quantitative estimate of drug-likeness (QED) is 0.639. The van der Waals surface area contributed by atoms with Crippen molar-refractivity contribution in [2.24, 2.45) is 5.73 Å². The van der Waals surface area contributed by atoms with Gasteiger partial charge in [-0.25, -0.2) is 0 Å². The summed E-state index contributed by atoms with van der Waals surface area (Å²) >= 11 is 0. The van der Waals surface area contributed by atoms with Gasteiger partial charge in [-0.1, -0.05) is 0 Å². The average Bonchev–Trinajstić information content (AvgIpc) is 1.82. The Morgan fingerprint density at radius 2 is 1.70 bits per heavy atom. The van der Waals surface area contributed by atoms with E-state index < -0.39 is 0 Å². The van der Waals surface area contributed by atoms with Crippen LogP contribution in [0.15, 0.2) is 0 Å². The second kappa shape index (κ2) is 4.69. The van der Waals surface area contributed by atoms with Crippen LogP contribution in [0.25, 0.3) is 0 Å². The summed E-state index contributed by atoms with van der Waals surface area (Å²) in [5.41, 5.74) is 5.62. The Hall–Kier alpha value is -0.0800. The number of nitrogens with two attached hydrogens (primary N) is 1. The molecule has 0 aliphatic heterocycles. The molecule has 2 heteroatoms. The Kier molecular flexibility index (Phi) is 4.65. The average molecular weight is 144 g/mol. The zero-order valence-electron chi connectivity index (χ0n) is 7.59. The summed E-state index contributed by atoms with van der Waals surface area (Å²) in [4.78, 5) is 2.22. The third-order valence-electron chi connectivity index (χ3n) is 1.92. The molecular formula is C8H20N2. The normalized spacial score (nSPS) is 17.4. The van der Waals surface area contributed by atoms with E-state index in [2.05, 4.69) is 32.8 Å². The van der Waals surface area contributed by atoms with E-state index in [1.807, 2.05) is 0 Å². The van der Waals surface area contributed by atoms with Crippen LogP contribution in [-0.4, -0.2) is 31.1 Å². The van der Waals surface area contributed by atoms with Gasteiger partial charge in [-0.3, -0.25) is 0 Å². The van der Waals surface area contributed by atoms with Crippen molar-refractivity contribution in [1.82, 2.24) is 4.90 Å². The summed E-state index contributed by atoms with van der Waals surface area (Å²) in [7, 11) is 4.21. The summed E-state index contributed by atoms with van der Waals surface area (Å²) < 4.78 is 0. The van der Waals surface area contributed by atoms with Crippen molar-refractivity contribution >= 4 is 0 Å². The van der Waals surface area contributed by atoms with Gasteiger partial charge in [0.1, 0.15) is 0 Å². The van der Waals surface area contributed by atoms with E-state index in [-0.39, 0.29) is 0 Å². The van der Waals surface area contributed by atoms with Crippen LogP contribution in [0.2, 0.25) is 0 Å². The highest BCUT2D eigenvalue weighted by Gasteiger charge is 2.04. The van der Waals surface area contributed by atoms with Crippen molar-refractivity contribution in [3.63, 3.8) is 0 Å². The molecule has 2 nitrogen and oxygen atoms in total. The van der Waals surface area contributed by atoms with Crippen LogP contribution in [0.4, 0.5) is 0 Å². The molecule has 0 spiro atoms.